The topological polar surface area (TPSA) is 57.9 Å². The first-order valence-electron chi connectivity index (χ1n) is 8.40. The maximum absolute atomic E-state index is 6.50. The van der Waals surface area contributed by atoms with Crippen molar-refractivity contribution in [2.45, 2.75) is 18.9 Å². The third-order valence-corrected chi connectivity index (χ3v) is 5.31. The Labute approximate surface area is 146 Å². The Kier molecular flexibility index (Phi) is 4.17. The van der Waals surface area contributed by atoms with E-state index in [1.807, 2.05) is 42.7 Å². The third kappa shape index (κ3) is 2.87. The Morgan fingerprint density at radius 1 is 1.12 bits per heavy atom. The van der Waals surface area contributed by atoms with Crippen LogP contribution in [0.15, 0.2) is 48.8 Å². The molecule has 5 heteroatoms. The molecule has 2 aromatic heterocycles. The van der Waals surface area contributed by atoms with Crippen molar-refractivity contribution in [3.05, 3.63) is 59.4 Å². The summed E-state index contributed by atoms with van der Waals surface area (Å²) in [5, 5.41) is 1.95. The molecule has 1 aliphatic heterocycles. The summed E-state index contributed by atoms with van der Waals surface area (Å²) in [6.07, 6.45) is 6.00. The van der Waals surface area contributed by atoms with E-state index in [1.165, 1.54) is 10.9 Å². The van der Waals surface area contributed by atoms with Gasteiger partial charge in [0.1, 0.15) is 5.82 Å². The molecule has 0 amide bonds. The third-order valence-electron chi connectivity index (χ3n) is 5.06. The number of H-pyrrole nitrogens is 1. The zero-order valence-corrected chi connectivity index (χ0v) is 14.2. The Hall–Kier alpha value is -2.04. The van der Waals surface area contributed by atoms with E-state index in [2.05, 4.69) is 20.9 Å². The zero-order chi connectivity index (χ0) is 16.5. The number of rotatable bonds is 3. The number of benzene rings is 1. The highest BCUT2D eigenvalue weighted by molar-refractivity contribution is 6.30. The molecule has 3 aromatic rings. The van der Waals surface area contributed by atoms with Crippen molar-refractivity contribution in [2.24, 2.45) is 11.7 Å². The van der Waals surface area contributed by atoms with Gasteiger partial charge in [-0.25, -0.2) is 4.98 Å². The highest BCUT2D eigenvalue weighted by atomic mass is 35.5. The number of fused-ring (bicyclic) bond motifs is 1. The highest BCUT2D eigenvalue weighted by Crippen LogP contribution is 2.33. The van der Waals surface area contributed by atoms with Crippen molar-refractivity contribution >= 4 is 28.3 Å². The molecular weight excluding hydrogens is 320 g/mol. The van der Waals surface area contributed by atoms with Crippen LogP contribution in [0.2, 0.25) is 5.02 Å². The van der Waals surface area contributed by atoms with Gasteiger partial charge >= 0.3 is 0 Å². The first-order chi connectivity index (χ1) is 11.7. The standard InChI is InChI=1S/C19H21ClN4/c20-15-3-1-13(2-4-15)18(21)14-7-11-24(12-8-14)19-16-5-9-22-17(16)6-10-23-19/h1-6,9-10,14,18,22H,7-8,11-12,21H2. The maximum Gasteiger partial charge on any atom is 0.137 e. The van der Waals surface area contributed by atoms with Crippen molar-refractivity contribution in [1.82, 2.24) is 9.97 Å². The summed E-state index contributed by atoms with van der Waals surface area (Å²) in [6, 6.07) is 12.1. The summed E-state index contributed by atoms with van der Waals surface area (Å²) in [5.41, 5.74) is 8.80. The summed E-state index contributed by atoms with van der Waals surface area (Å²) in [7, 11) is 0. The Morgan fingerprint density at radius 3 is 2.62 bits per heavy atom. The molecule has 3 heterocycles. The fraction of sp³-hybridized carbons (Fsp3) is 0.316. The van der Waals surface area contributed by atoms with Gasteiger partial charge < -0.3 is 15.6 Å². The van der Waals surface area contributed by atoms with Crippen LogP contribution in [0.3, 0.4) is 0 Å². The van der Waals surface area contributed by atoms with Gasteiger partial charge in [-0.2, -0.15) is 0 Å². The van der Waals surface area contributed by atoms with E-state index >= 15 is 0 Å². The number of hydrogen-bond donors (Lipinski definition) is 2. The predicted molar refractivity (Wildman–Crippen MR) is 99.4 cm³/mol. The monoisotopic (exact) mass is 340 g/mol. The number of halogens is 1. The van der Waals surface area contributed by atoms with E-state index in [0.717, 1.165) is 42.3 Å². The fourth-order valence-corrected chi connectivity index (χ4v) is 3.77. The maximum atomic E-state index is 6.50. The molecule has 1 saturated heterocycles. The van der Waals surface area contributed by atoms with Crippen molar-refractivity contribution in [3.8, 4) is 0 Å². The lowest BCUT2D eigenvalue weighted by atomic mass is 9.86. The van der Waals surface area contributed by atoms with E-state index < -0.39 is 0 Å². The molecule has 24 heavy (non-hydrogen) atoms. The van der Waals surface area contributed by atoms with Gasteiger partial charge in [0.15, 0.2) is 0 Å². The lowest BCUT2D eigenvalue weighted by Gasteiger charge is -2.35. The van der Waals surface area contributed by atoms with E-state index in [1.54, 1.807) is 0 Å². The molecule has 1 unspecified atom stereocenters. The average molecular weight is 341 g/mol. The molecule has 1 atom stereocenters. The van der Waals surface area contributed by atoms with Gasteiger partial charge in [-0.1, -0.05) is 23.7 Å². The molecule has 1 aromatic carbocycles. The minimum absolute atomic E-state index is 0.0698. The minimum atomic E-state index is 0.0698. The number of hydrogen-bond acceptors (Lipinski definition) is 3. The summed E-state index contributed by atoms with van der Waals surface area (Å²) >= 11 is 5.97. The zero-order valence-electron chi connectivity index (χ0n) is 13.5. The summed E-state index contributed by atoms with van der Waals surface area (Å²) < 4.78 is 0. The first kappa shape index (κ1) is 15.5. The lowest BCUT2D eigenvalue weighted by molar-refractivity contribution is 0.344. The number of aromatic nitrogens is 2. The van der Waals surface area contributed by atoms with Crippen LogP contribution in [0.1, 0.15) is 24.4 Å². The molecule has 0 spiro atoms. The lowest BCUT2D eigenvalue weighted by Crippen LogP contribution is -2.38. The quantitative estimate of drug-likeness (QED) is 0.753. The van der Waals surface area contributed by atoms with E-state index in [-0.39, 0.29) is 6.04 Å². The second kappa shape index (κ2) is 6.46. The van der Waals surface area contributed by atoms with Crippen LogP contribution in [0, 0.1) is 5.92 Å². The molecule has 124 valence electrons. The van der Waals surface area contributed by atoms with Crippen molar-refractivity contribution < 1.29 is 0 Å². The van der Waals surface area contributed by atoms with E-state index in [9.17, 15) is 0 Å². The van der Waals surface area contributed by atoms with Crippen molar-refractivity contribution in [2.75, 3.05) is 18.0 Å². The molecule has 0 radical (unpaired) electrons. The molecule has 1 aliphatic rings. The van der Waals surface area contributed by atoms with Crippen LogP contribution >= 0.6 is 11.6 Å². The van der Waals surface area contributed by atoms with Gasteiger partial charge in [0.2, 0.25) is 0 Å². The number of piperidine rings is 1. The summed E-state index contributed by atoms with van der Waals surface area (Å²) in [6.45, 7) is 1.98. The van der Waals surface area contributed by atoms with Crippen LogP contribution in [-0.2, 0) is 0 Å². The molecule has 4 nitrogen and oxygen atoms in total. The molecule has 3 N–H and O–H groups in total. The number of pyridine rings is 1. The molecule has 1 fully saturated rings. The van der Waals surface area contributed by atoms with E-state index in [4.69, 9.17) is 17.3 Å². The molecule has 0 bridgehead atoms. The van der Waals surface area contributed by atoms with E-state index in [0.29, 0.717) is 5.92 Å². The van der Waals surface area contributed by atoms with Crippen LogP contribution in [0.5, 0.6) is 0 Å². The van der Waals surface area contributed by atoms with Gasteiger partial charge in [0, 0.05) is 41.9 Å². The number of aromatic amines is 1. The largest absolute Gasteiger partial charge is 0.361 e. The summed E-state index contributed by atoms with van der Waals surface area (Å²) in [4.78, 5) is 10.2. The first-order valence-corrected chi connectivity index (χ1v) is 8.78. The van der Waals surface area contributed by atoms with Gasteiger partial charge in [0.25, 0.3) is 0 Å². The highest BCUT2D eigenvalue weighted by Gasteiger charge is 2.26. The summed E-state index contributed by atoms with van der Waals surface area (Å²) in [5.74, 6) is 1.57. The van der Waals surface area contributed by atoms with Gasteiger partial charge in [-0.05, 0) is 48.6 Å². The number of nitrogens with one attached hydrogen (secondary N) is 1. The number of nitrogens with two attached hydrogens (primary N) is 1. The van der Waals surface area contributed by atoms with Crippen LogP contribution < -0.4 is 10.6 Å². The number of nitrogens with zero attached hydrogens (tertiary/aromatic N) is 2. The second-order valence-corrected chi connectivity index (χ2v) is 6.91. The molecule has 4 rings (SSSR count). The number of anilines is 1. The molecule has 0 saturated carbocycles. The smallest absolute Gasteiger partial charge is 0.137 e. The minimum Gasteiger partial charge on any atom is -0.361 e. The van der Waals surface area contributed by atoms with Gasteiger partial charge in [-0.3, -0.25) is 0 Å². The Morgan fingerprint density at radius 2 is 1.88 bits per heavy atom. The van der Waals surface area contributed by atoms with Crippen LogP contribution in [0.4, 0.5) is 5.82 Å². The molecular formula is C19H21ClN4. The Balaban J connectivity index is 1.47. The van der Waals surface area contributed by atoms with Crippen molar-refractivity contribution in [3.63, 3.8) is 0 Å². The average Bonchev–Trinajstić information content (AvgIpc) is 3.11. The van der Waals surface area contributed by atoms with Crippen LogP contribution in [0.25, 0.3) is 10.9 Å². The molecule has 0 aliphatic carbocycles. The normalized spacial score (nSPS) is 17.3. The second-order valence-electron chi connectivity index (χ2n) is 6.48. The van der Waals surface area contributed by atoms with Crippen molar-refractivity contribution in [1.29, 1.82) is 0 Å². The SMILES string of the molecule is NC(c1ccc(Cl)cc1)C1CCN(c2nccc3[nH]ccc23)CC1. The fourth-order valence-electron chi connectivity index (χ4n) is 3.65. The van der Waals surface area contributed by atoms with Gasteiger partial charge in [0.05, 0.1) is 5.52 Å². The Bertz CT molecular complexity index is 819. The predicted octanol–water partition coefficient (Wildman–Crippen LogP) is 4.13. The van der Waals surface area contributed by atoms with Crippen LogP contribution in [-0.4, -0.2) is 23.1 Å². The van der Waals surface area contributed by atoms with Gasteiger partial charge in [-0.15, -0.1) is 0 Å².